The molecule has 4 heteroatoms. The maximum atomic E-state index is 5.09. The summed E-state index contributed by atoms with van der Waals surface area (Å²) in [5, 5.41) is 2.18. The zero-order valence-electron chi connectivity index (χ0n) is 18.8. The highest BCUT2D eigenvalue weighted by atomic mass is 15.1. The lowest BCUT2D eigenvalue weighted by molar-refractivity contribution is 1.21. The van der Waals surface area contributed by atoms with Crippen LogP contribution in [0.15, 0.2) is 85.2 Å². The number of nitrogens with zero attached hydrogens (tertiary/aromatic N) is 4. The normalized spacial score (nSPS) is 13.5. The molecule has 9 rings (SSSR count). The molecule has 0 unspecified atom stereocenters. The molecule has 2 aliphatic rings. The highest BCUT2D eigenvalue weighted by Crippen LogP contribution is 2.46. The molecule has 162 valence electrons. The second-order valence-electron chi connectivity index (χ2n) is 9.72. The van der Waals surface area contributed by atoms with Gasteiger partial charge in [0.1, 0.15) is 11.2 Å². The summed E-state index contributed by atoms with van der Waals surface area (Å²) in [4.78, 5) is 14.6. The van der Waals surface area contributed by atoms with E-state index in [4.69, 9.17) is 15.0 Å². The molecule has 2 aliphatic carbocycles. The highest BCUT2D eigenvalue weighted by Gasteiger charge is 2.26. The van der Waals surface area contributed by atoms with Crippen LogP contribution in [0.4, 0.5) is 0 Å². The number of pyridine rings is 3. The minimum Gasteiger partial charge on any atom is -0.274 e. The van der Waals surface area contributed by atoms with Crippen LogP contribution in [-0.4, -0.2) is 19.4 Å². The standard InChI is InChI=1S/C31H18N4/c1-2-6-21-17(5-1)11-18-12-19-13-20-14-27-28(16-26(20)25(19)15-24(18)21)35-30-23(8-4-10-33-30)22-7-3-9-32-29(22)31(35)34-27/h1-10,12,14-16H,11,13H2. The summed E-state index contributed by atoms with van der Waals surface area (Å²) >= 11 is 0. The lowest BCUT2D eigenvalue weighted by Crippen LogP contribution is -1.95. The van der Waals surface area contributed by atoms with Gasteiger partial charge in [-0.15, -0.1) is 0 Å². The van der Waals surface area contributed by atoms with E-state index in [0.29, 0.717) is 0 Å². The van der Waals surface area contributed by atoms with E-state index in [2.05, 4.69) is 65.1 Å². The fourth-order valence-corrected chi connectivity index (χ4v) is 6.36. The molecule has 0 saturated carbocycles. The summed E-state index contributed by atoms with van der Waals surface area (Å²) in [5.41, 5.74) is 15.9. The second-order valence-corrected chi connectivity index (χ2v) is 9.72. The van der Waals surface area contributed by atoms with Crippen molar-refractivity contribution in [2.24, 2.45) is 0 Å². The Bertz CT molecular complexity index is 2070. The Labute approximate surface area is 200 Å². The number of fused-ring (bicyclic) bond motifs is 14. The van der Waals surface area contributed by atoms with Crippen molar-refractivity contribution in [3.05, 3.63) is 107 Å². The first-order valence-electron chi connectivity index (χ1n) is 12.0. The van der Waals surface area contributed by atoms with Gasteiger partial charge in [-0.2, -0.15) is 0 Å². The van der Waals surface area contributed by atoms with Crippen LogP contribution >= 0.6 is 0 Å². The molecule has 0 bridgehead atoms. The van der Waals surface area contributed by atoms with Crippen molar-refractivity contribution >= 4 is 38.6 Å². The van der Waals surface area contributed by atoms with E-state index in [9.17, 15) is 0 Å². The number of rotatable bonds is 0. The van der Waals surface area contributed by atoms with Crippen molar-refractivity contribution in [1.82, 2.24) is 19.4 Å². The average Bonchev–Trinajstić information content (AvgIpc) is 3.56. The zero-order chi connectivity index (χ0) is 22.7. The van der Waals surface area contributed by atoms with E-state index in [1.165, 1.54) is 44.5 Å². The van der Waals surface area contributed by atoms with Gasteiger partial charge in [0.2, 0.25) is 0 Å². The molecule has 4 heterocycles. The van der Waals surface area contributed by atoms with Gasteiger partial charge >= 0.3 is 0 Å². The Morgan fingerprint density at radius 3 is 2.26 bits per heavy atom. The summed E-state index contributed by atoms with van der Waals surface area (Å²) in [6.07, 6.45) is 5.69. The lowest BCUT2D eigenvalue weighted by Gasteiger charge is -2.08. The van der Waals surface area contributed by atoms with Crippen LogP contribution in [0.5, 0.6) is 0 Å². The van der Waals surface area contributed by atoms with E-state index in [0.717, 1.165) is 51.5 Å². The van der Waals surface area contributed by atoms with Crippen LogP contribution in [0.1, 0.15) is 22.3 Å². The monoisotopic (exact) mass is 446 g/mol. The average molecular weight is 447 g/mol. The van der Waals surface area contributed by atoms with E-state index < -0.39 is 0 Å². The lowest BCUT2D eigenvalue weighted by atomic mass is 9.98. The van der Waals surface area contributed by atoms with Gasteiger partial charge in [0.25, 0.3) is 0 Å². The summed E-state index contributed by atoms with van der Waals surface area (Å²) in [6.45, 7) is 0. The van der Waals surface area contributed by atoms with Gasteiger partial charge in [-0.05, 0) is 93.7 Å². The number of aromatic nitrogens is 4. The molecule has 7 aromatic rings. The van der Waals surface area contributed by atoms with Crippen LogP contribution in [0.25, 0.3) is 60.9 Å². The first kappa shape index (κ1) is 17.8. The molecule has 0 aliphatic heterocycles. The molecule has 0 radical (unpaired) electrons. The SMILES string of the molecule is c1ccc2c(c1)Cc1cc3c(cc1-2)-c1cc2c(cc1C3)nc1c3ncccc3c3cccnc3n21. The molecule has 4 aromatic heterocycles. The summed E-state index contributed by atoms with van der Waals surface area (Å²) in [6, 6.07) is 26.5. The number of imidazole rings is 1. The Morgan fingerprint density at radius 2 is 1.31 bits per heavy atom. The van der Waals surface area contributed by atoms with Crippen molar-refractivity contribution < 1.29 is 0 Å². The summed E-state index contributed by atoms with van der Waals surface area (Å²) < 4.78 is 2.20. The van der Waals surface area contributed by atoms with Gasteiger partial charge in [0.05, 0.1) is 11.0 Å². The third kappa shape index (κ3) is 2.20. The van der Waals surface area contributed by atoms with Crippen molar-refractivity contribution in [3.8, 4) is 22.3 Å². The van der Waals surface area contributed by atoms with Crippen LogP contribution < -0.4 is 0 Å². The molecule has 0 saturated heterocycles. The zero-order valence-corrected chi connectivity index (χ0v) is 18.8. The smallest absolute Gasteiger partial charge is 0.166 e. The van der Waals surface area contributed by atoms with E-state index in [-0.39, 0.29) is 0 Å². The molecule has 3 aromatic carbocycles. The fourth-order valence-electron chi connectivity index (χ4n) is 6.36. The fraction of sp³-hybridized carbons (Fsp3) is 0.0645. The predicted molar refractivity (Wildman–Crippen MR) is 140 cm³/mol. The van der Waals surface area contributed by atoms with E-state index in [1.54, 1.807) is 0 Å². The molecule has 0 spiro atoms. The molecule has 0 fully saturated rings. The topological polar surface area (TPSA) is 43.1 Å². The van der Waals surface area contributed by atoms with Crippen molar-refractivity contribution in [1.29, 1.82) is 0 Å². The Morgan fingerprint density at radius 1 is 0.571 bits per heavy atom. The van der Waals surface area contributed by atoms with Crippen LogP contribution in [0.2, 0.25) is 0 Å². The summed E-state index contributed by atoms with van der Waals surface area (Å²) in [5.74, 6) is 0. The van der Waals surface area contributed by atoms with Crippen LogP contribution in [0.3, 0.4) is 0 Å². The maximum absolute atomic E-state index is 5.09. The predicted octanol–water partition coefficient (Wildman–Crippen LogP) is 6.73. The molecule has 4 nitrogen and oxygen atoms in total. The van der Waals surface area contributed by atoms with Gasteiger partial charge in [-0.3, -0.25) is 9.38 Å². The Kier molecular flexibility index (Phi) is 3.11. The third-order valence-corrected chi connectivity index (χ3v) is 7.88. The van der Waals surface area contributed by atoms with Crippen LogP contribution in [0, 0.1) is 0 Å². The van der Waals surface area contributed by atoms with Crippen molar-refractivity contribution in [2.75, 3.05) is 0 Å². The van der Waals surface area contributed by atoms with Gasteiger partial charge in [-0.1, -0.05) is 36.4 Å². The van der Waals surface area contributed by atoms with Crippen molar-refractivity contribution in [2.45, 2.75) is 12.8 Å². The third-order valence-electron chi connectivity index (χ3n) is 7.88. The maximum Gasteiger partial charge on any atom is 0.166 e. The first-order chi connectivity index (χ1) is 17.3. The van der Waals surface area contributed by atoms with Gasteiger partial charge < -0.3 is 0 Å². The van der Waals surface area contributed by atoms with Gasteiger partial charge in [-0.25, -0.2) is 9.97 Å². The minimum absolute atomic E-state index is 0.869. The number of hydrogen-bond donors (Lipinski definition) is 0. The van der Waals surface area contributed by atoms with Gasteiger partial charge in [0, 0.05) is 23.2 Å². The van der Waals surface area contributed by atoms with Crippen LogP contribution in [-0.2, 0) is 12.8 Å². The van der Waals surface area contributed by atoms with Gasteiger partial charge in [0.15, 0.2) is 5.65 Å². The first-order valence-corrected chi connectivity index (χ1v) is 12.0. The number of hydrogen-bond acceptors (Lipinski definition) is 3. The number of benzene rings is 3. The largest absolute Gasteiger partial charge is 0.274 e. The quantitative estimate of drug-likeness (QED) is 0.243. The molecule has 0 N–H and O–H groups in total. The Hall–Kier alpha value is -4.57. The molecular weight excluding hydrogens is 428 g/mol. The highest BCUT2D eigenvalue weighted by molar-refractivity contribution is 6.11. The van der Waals surface area contributed by atoms with E-state index >= 15 is 0 Å². The Balaban J connectivity index is 1.37. The molecule has 35 heavy (non-hydrogen) atoms. The minimum atomic E-state index is 0.869. The van der Waals surface area contributed by atoms with Crippen molar-refractivity contribution in [3.63, 3.8) is 0 Å². The summed E-state index contributed by atoms with van der Waals surface area (Å²) in [7, 11) is 0. The molecular formula is C31H18N4. The second kappa shape index (κ2) is 6.10. The van der Waals surface area contributed by atoms with E-state index in [1.807, 2.05) is 24.5 Å². The molecule has 0 atom stereocenters. The molecule has 0 amide bonds.